The molecule has 2 aromatic carbocycles. The fourth-order valence-electron chi connectivity index (χ4n) is 1.93. The van der Waals surface area contributed by atoms with Crippen molar-refractivity contribution in [3.05, 3.63) is 73.8 Å². The Balaban J connectivity index is 2.16. The molecule has 0 saturated heterocycles. The van der Waals surface area contributed by atoms with Crippen LogP contribution in [0.25, 0.3) is 0 Å². The van der Waals surface area contributed by atoms with Crippen LogP contribution in [0.1, 0.15) is 15.9 Å². The summed E-state index contributed by atoms with van der Waals surface area (Å²) in [7, 11) is 1.63. The summed E-state index contributed by atoms with van der Waals surface area (Å²) in [6, 6.07) is 10.9. The Morgan fingerprint density at radius 3 is 2.36 bits per heavy atom. The first kappa shape index (κ1) is 16.3. The summed E-state index contributed by atoms with van der Waals surface area (Å²) in [5.74, 6) is -0.310. The van der Waals surface area contributed by atoms with Crippen LogP contribution < -0.4 is 0 Å². The average Bonchev–Trinajstić information content (AvgIpc) is 2.48. The van der Waals surface area contributed by atoms with Gasteiger partial charge >= 0.3 is 0 Å². The lowest BCUT2D eigenvalue weighted by atomic mass is 10.1. The maximum atomic E-state index is 12.4. The van der Waals surface area contributed by atoms with E-state index in [1.54, 1.807) is 19.2 Å². The molecule has 0 aliphatic carbocycles. The summed E-state index contributed by atoms with van der Waals surface area (Å²) in [4.78, 5) is 24.0. The number of nitrogens with zero attached hydrogens (tertiary/aromatic N) is 2. The van der Waals surface area contributed by atoms with Crippen molar-refractivity contribution >= 4 is 34.8 Å². The highest BCUT2D eigenvalue weighted by Crippen LogP contribution is 2.24. The number of benzene rings is 2. The van der Waals surface area contributed by atoms with Crippen LogP contribution in [0.15, 0.2) is 42.5 Å². The van der Waals surface area contributed by atoms with E-state index < -0.39 is 4.92 Å². The van der Waals surface area contributed by atoms with Crippen LogP contribution >= 0.6 is 23.2 Å². The number of carbonyl (C=O) groups is 1. The minimum Gasteiger partial charge on any atom is -0.337 e. The van der Waals surface area contributed by atoms with Gasteiger partial charge in [0.05, 0.1) is 15.5 Å². The van der Waals surface area contributed by atoms with Crippen LogP contribution in [0, 0.1) is 10.1 Å². The quantitative estimate of drug-likeness (QED) is 0.620. The molecule has 5 nitrogen and oxygen atoms in total. The summed E-state index contributed by atoms with van der Waals surface area (Å²) < 4.78 is 0. The highest BCUT2D eigenvalue weighted by atomic mass is 35.5. The first-order chi connectivity index (χ1) is 10.4. The van der Waals surface area contributed by atoms with Crippen molar-refractivity contribution in [1.82, 2.24) is 4.90 Å². The number of halogens is 2. The zero-order valence-electron chi connectivity index (χ0n) is 11.6. The molecule has 0 saturated carbocycles. The molecule has 0 heterocycles. The monoisotopic (exact) mass is 338 g/mol. The van der Waals surface area contributed by atoms with E-state index in [-0.39, 0.29) is 22.2 Å². The normalized spacial score (nSPS) is 10.3. The molecular weight excluding hydrogens is 327 g/mol. The molecule has 7 heteroatoms. The van der Waals surface area contributed by atoms with Gasteiger partial charge in [0, 0.05) is 30.7 Å². The third-order valence-corrected chi connectivity index (χ3v) is 3.64. The molecule has 0 bridgehead atoms. The minimum absolute atomic E-state index is 0.0576. The van der Waals surface area contributed by atoms with Crippen LogP contribution in [-0.4, -0.2) is 22.8 Å². The van der Waals surface area contributed by atoms with Gasteiger partial charge in [-0.2, -0.15) is 0 Å². The average molecular weight is 339 g/mol. The summed E-state index contributed by atoms with van der Waals surface area (Å²) in [5, 5.41) is 11.4. The molecule has 114 valence electrons. The maximum absolute atomic E-state index is 12.4. The highest BCUT2D eigenvalue weighted by molar-refractivity contribution is 6.34. The van der Waals surface area contributed by atoms with E-state index in [4.69, 9.17) is 23.2 Å². The lowest BCUT2D eigenvalue weighted by Gasteiger charge is -2.18. The smallest absolute Gasteiger partial charge is 0.270 e. The SMILES string of the molecule is CN(Cc1ccc(Cl)cc1)C(=O)c1ccc([N+](=O)[O-])cc1Cl. The number of amides is 1. The zero-order valence-corrected chi connectivity index (χ0v) is 13.1. The van der Waals surface area contributed by atoms with E-state index in [1.165, 1.54) is 23.1 Å². The molecular formula is C15H12Cl2N2O3. The van der Waals surface area contributed by atoms with E-state index >= 15 is 0 Å². The lowest BCUT2D eigenvalue weighted by molar-refractivity contribution is -0.384. The number of carbonyl (C=O) groups excluding carboxylic acids is 1. The molecule has 0 N–H and O–H groups in total. The summed E-state index contributed by atoms with van der Waals surface area (Å²) in [6.07, 6.45) is 0. The van der Waals surface area contributed by atoms with Crippen molar-refractivity contribution in [1.29, 1.82) is 0 Å². The minimum atomic E-state index is -0.558. The molecule has 0 aliphatic heterocycles. The lowest BCUT2D eigenvalue weighted by Crippen LogP contribution is -2.26. The zero-order chi connectivity index (χ0) is 16.3. The summed E-state index contributed by atoms with van der Waals surface area (Å²) in [6.45, 7) is 0.378. The largest absolute Gasteiger partial charge is 0.337 e. The molecule has 0 unspecified atom stereocenters. The van der Waals surface area contributed by atoms with E-state index in [9.17, 15) is 14.9 Å². The van der Waals surface area contributed by atoms with Crippen LogP contribution in [0.3, 0.4) is 0 Å². The van der Waals surface area contributed by atoms with Gasteiger partial charge < -0.3 is 4.90 Å². The van der Waals surface area contributed by atoms with Crippen molar-refractivity contribution < 1.29 is 9.72 Å². The number of nitro benzene ring substituents is 1. The summed E-state index contributed by atoms with van der Waals surface area (Å²) >= 11 is 11.8. The molecule has 0 fully saturated rings. The molecule has 0 aliphatic rings. The Labute approximate surface area is 137 Å². The Morgan fingerprint density at radius 1 is 1.18 bits per heavy atom. The van der Waals surface area contributed by atoms with Gasteiger partial charge in [0.15, 0.2) is 0 Å². The van der Waals surface area contributed by atoms with Gasteiger partial charge in [-0.3, -0.25) is 14.9 Å². The van der Waals surface area contributed by atoms with Crippen molar-refractivity contribution in [3.8, 4) is 0 Å². The molecule has 0 spiro atoms. The maximum Gasteiger partial charge on any atom is 0.270 e. The standard InChI is InChI=1S/C15H12Cl2N2O3/c1-18(9-10-2-4-11(16)5-3-10)15(20)13-7-6-12(19(21)22)8-14(13)17/h2-8H,9H2,1H3. The van der Waals surface area contributed by atoms with E-state index in [0.29, 0.717) is 11.6 Å². The van der Waals surface area contributed by atoms with Crippen molar-refractivity contribution in [3.63, 3.8) is 0 Å². The summed E-state index contributed by atoms with van der Waals surface area (Å²) in [5.41, 5.74) is 0.990. The number of non-ortho nitro benzene ring substituents is 1. The Kier molecular flexibility index (Phi) is 5.00. The topological polar surface area (TPSA) is 63.5 Å². The second-order valence-corrected chi connectivity index (χ2v) is 5.55. The molecule has 2 rings (SSSR count). The predicted molar refractivity (Wildman–Crippen MR) is 85.4 cm³/mol. The second kappa shape index (κ2) is 6.77. The van der Waals surface area contributed by atoms with Gasteiger partial charge in [0.1, 0.15) is 0 Å². The van der Waals surface area contributed by atoms with Gasteiger partial charge in [-0.25, -0.2) is 0 Å². The third kappa shape index (κ3) is 3.75. The Bertz CT molecular complexity index is 717. The van der Waals surface area contributed by atoms with Crippen molar-refractivity contribution in [2.45, 2.75) is 6.54 Å². The molecule has 0 atom stereocenters. The first-order valence-corrected chi connectivity index (χ1v) is 7.08. The van der Waals surface area contributed by atoms with Gasteiger partial charge in [0.2, 0.25) is 0 Å². The second-order valence-electron chi connectivity index (χ2n) is 4.71. The fourth-order valence-corrected chi connectivity index (χ4v) is 2.31. The highest BCUT2D eigenvalue weighted by Gasteiger charge is 2.18. The van der Waals surface area contributed by atoms with Crippen molar-refractivity contribution in [2.24, 2.45) is 0 Å². The van der Waals surface area contributed by atoms with Crippen LogP contribution in [-0.2, 0) is 6.54 Å². The van der Waals surface area contributed by atoms with Gasteiger partial charge in [-0.05, 0) is 23.8 Å². The number of rotatable bonds is 4. The first-order valence-electron chi connectivity index (χ1n) is 6.32. The van der Waals surface area contributed by atoms with Crippen LogP contribution in [0.5, 0.6) is 0 Å². The molecule has 1 amide bonds. The predicted octanol–water partition coefficient (Wildman–Crippen LogP) is 4.17. The van der Waals surface area contributed by atoms with Crippen molar-refractivity contribution in [2.75, 3.05) is 7.05 Å². The molecule has 22 heavy (non-hydrogen) atoms. The molecule has 0 radical (unpaired) electrons. The fraction of sp³-hybridized carbons (Fsp3) is 0.133. The van der Waals surface area contributed by atoms with Gasteiger partial charge in [0.25, 0.3) is 11.6 Å². The number of nitro groups is 1. The molecule has 2 aromatic rings. The van der Waals surface area contributed by atoms with Crippen LogP contribution in [0.4, 0.5) is 5.69 Å². The number of hydrogen-bond donors (Lipinski definition) is 0. The van der Waals surface area contributed by atoms with E-state index in [0.717, 1.165) is 5.56 Å². The Hall–Kier alpha value is -2.11. The third-order valence-electron chi connectivity index (χ3n) is 3.07. The van der Waals surface area contributed by atoms with E-state index in [1.807, 2.05) is 12.1 Å². The number of hydrogen-bond acceptors (Lipinski definition) is 3. The van der Waals surface area contributed by atoms with Gasteiger partial charge in [-0.1, -0.05) is 35.3 Å². The van der Waals surface area contributed by atoms with Gasteiger partial charge in [-0.15, -0.1) is 0 Å². The van der Waals surface area contributed by atoms with Crippen LogP contribution in [0.2, 0.25) is 10.0 Å². The van der Waals surface area contributed by atoms with E-state index in [2.05, 4.69) is 0 Å². The Morgan fingerprint density at radius 2 is 1.82 bits per heavy atom. The molecule has 0 aromatic heterocycles.